The molecule has 4 rings (SSSR count). The lowest BCUT2D eigenvalue weighted by molar-refractivity contribution is -0.132. The SMILES string of the molecule is COc1ccc(C2/C(=C(\O)c3ccc(C)cc3)C(=O)C(=O)N2c2ccc(C(C)(C)C)cc2)cc1. The quantitative estimate of drug-likeness (QED) is 0.301. The van der Waals surface area contributed by atoms with Crippen LogP contribution in [0.2, 0.25) is 0 Å². The van der Waals surface area contributed by atoms with Crippen LogP contribution in [0.25, 0.3) is 5.76 Å². The molecule has 1 saturated heterocycles. The topological polar surface area (TPSA) is 66.8 Å². The highest BCUT2D eigenvalue weighted by Gasteiger charge is 2.47. The molecule has 1 N–H and O–H groups in total. The first-order valence-corrected chi connectivity index (χ1v) is 11.2. The van der Waals surface area contributed by atoms with Gasteiger partial charge in [0.1, 0.15) is 11.5 Å². The number of aryl methyl sites for hydroxylation is 1. The minimum absolute atomic E-state index is 0.0481. The fourth-order valence-electron chi connectivity index (χ4n) is 4.19. The van der Waals surface area contributed by atoms with Crippen molar-refractivity contribution in [3.63, 3.8) is 0 Å². The molecule has 0 saturated carbocycles. The molecule has 1 aliphatic heterocycles. The van der Waals surface area contributed by atoms with Crippen LogP contribution in [0.4, 0.5) is 5.69 Å². The van der Waals surface area contributed by atoms with Crippen molar-refractivity contribution in [3.8, 4) is 5.75 Å². The highest BCUT2D eigenvalue weighted by atomic mass is 16.5. The number of ether oxygens (including phenoxy) is 1. The highest BCUT2D eigenvalue weighted by Crippen LogP contribution is 2.42. The van der Waals surface area contributed by atoms with Gasteiger partial charge in [0.05, 0.1) is 18.7 Å². The van der Waals surface area contributed by atoms with Crippen LogP contribution in [0, 0.1) is 6.92 Å². The number of aliphatic hydroxyl groups excluding tert-OH is 1. The maximum Gasteiger partial charge on any atom is 0.300 e. The number of aliphatic hydroxyl groups is 1. The number of hydrogen-bond acceptors (Lipinski definition) is 4. The van der Waals surface area contributed by atoms with Gasteiger partial charge in [0.25, 0.3) is 11.7 Å². The van der Waals surface area contributed by atoms with Gasteiger partial charge in [-0.1, -0.05) is 74.9 Å². The number of rotatable bonds is 4. The molecule has 1 fully saturated rings. The van der Waals surface area contributed by atoms with E-state index < -0.39 is 17.7 Å². The second-order valence-electron chi connectivity index (χ2n) is 9.61. The molecule has 3 aromatic carbocycles. The number of benzene rings is 3. The standard InChI is InChI=1S/C29H29NO4/c1-18-6-8-20(9-7-18)26(31)24-25(19-10-16-23(34-5)17-11-19)30(28(33)27(24)32)22-14-12-21(13-15-22)29(2,3)4/h6-17,25,31H,1-5H3/b26-24+. The van der Waals surface area contributed by atoms with Crippen molar-refractivity contribution in [1.82, 2.24) is 0 Å². The van der Waals surface area contributed by atoms with Crippen molar-refractivity contribution in [3.05, 3.63) is 101 Å². The van der Waals surface area contributed by atoms with Crippen LogP contribution >= 0.6 is 0 Å². The molecule has 1 atom stereocenters. The Bertz CT molecular complexity index is 1250. The van der Waals surface area contributed by atoms with E-state index in [1.54, 1.807) is 31.4 Å². The second kappa shape index (κ2) is 8.82. The van der Waals surface area contributed by atoms with Gasteiger partial charge >= 0.3 is 0 Å². The summed E-state index contributed by atoms with van der Waals surface area (Å²) in [6.07, 6.45) is 0. The van der Waals surface area contributed by atoms with Crippen LogP contribution in [0.5, 0.6) is 5.75 Å². The Labute approximate surface area is 200 Å². The molecule has 0 radical (unpaired) electrons. The Morgan fingerprint density at radius 3 is 2.00 bits per heavy atom. The molecule has 34 heavy (non-hydrogen) atoms. The number of nitrogens with zero attached hydrogens (tertiary/aromatic N) is 1. The zero-order chi connectivity index (χ0) is 24.6. The third-order valence-corrected chi connectivity index (χ3v) is 6.21. The van der Waals surface area contributed by atoms with Crippen molar-refractivity contribution in [2.24, 2.45) is 0 Å². The minimum Gasteiger partial charge on any atom is -0.507 e. The van der Waals surface area contributed by atoms with Crippen LogP contribution in [-0.2, 0) is 15.0 Å². The predicted octanol–water partition coefficient (Wildman–Crippen LogP) is 5.93. The van der Waals surface area contributed by atoms with Crippen LogP contribution in [-0.4, -0.2) is 23.9 Å². The third-order valence-electron chi connectivity index (χ3n) is 6.21. The van der Waals surface area contributed by atoms with E-state index in [1.807, 2.05) is 55.5 Å². The van der Waals surface area contributed by atoms with Crippen molar-refractivity contribution in [2.45, 2.75) is 39.2 Å². The zero-order valence-electron chi connectivity index (χ0n) is 20.1. The fourth-order valence-corrected chi connectivity index (χ4v) is 4.19. The number of methoxy groups -OCH3 is 1. The molecular formula is C29H29NO4. The largest absolute Gasteiger partial charge is 0.507 e. The van der Waals surface area contributed by atoms with Crippen LogP contribution in [0.15, 0.2) is 78.4 Å². The summed E-state index contributed by atoms with van der Waals surface area (Å²) < 4.78 is 5.28. The summed E-state index contributed by atoms with van der Waals surface area (Å²) in [6, 6.07) is 21.3. The van der Waals surface area contributed by atoms with Gasteiger partial charge in [-0.15, -0.1) is 0 Å². The number of amides is 1. The molecule has 0 aromatic heterocycles. The number of anilines is 1. The lowest BCUT2D eigenvalue weighted by atomic mass is 9.87. The predicted molar refractivity (Wildman–Crippen MR) is 134 cm³/mol. The number of ketones is 1. The summed E-state index contributed by atoms with van der Waals surface area (Å²) in [5, 5.41) is 11.2. The zero-order valence-corrected chi connectivity index (χ0v) is 20.1. The van der Waals surface area contributed by atoms with Crippen molar-refractivity contribution in [2.75, 3.05) is 12.0 Å². The van der Waals surface area contributed by atoms with E-state index in [0.29, 0.717) is 22.6 Å². The monoisotopic (exact) mass is 455 g/mol. The average molecular weight is 456 g/mol. The molecule has 0 bridgehead atoms. The van der Waals surface area contributed by atoms with Crippen molar-refractivity contribution in [1.29, 1.82) is 0 Å². The Morgan fingerprint density at radius 2 is 1.47 bits per heavy atom. The van der Waals surface area contributed by atoms with Crippen molar-refractivity contribution < 1.29 is 19.4 Å². The molecule has 0 aliphatic carbocycles. The summed E-state index contributed by atoms with van der Waals surface area (Å²) in [4.78, 5) is 28.0. The van der Waals surface area contributed by atoms with Gasteiger partial charge in [-0.3, -0.25) is 14.5 Å². The molecule has 1 unspecified atom stereocenters. The lowest BCUT2D eigenvalue weighted by Crippen LogP contribution is -2.29. The summed E-state index contributed by atoms with van der Waals surface area (Å²) in [7, 11) is 1.58. The highest BCUT2D eigenvalue weighted by molar-refractivity contribution is 6.51. The van der Waals surface area contributed by atoms with E-state index >= 15 is 0 Å². The third kappa shape index (κ3) is 4.21. The van der Waals surface area contributed by atoms with E-state index in [4.69, 9.17) is 4.74 Å². The first-order valence-electron chi connectivity index (χ1n) is 11.2. The second-order valence-corrected chi connectivity index (χ2v) is 9.61. The van der Waals surface area contributed by atoms with Gasteiger partial charge in [-0.2, -0.15) is 0 Å². The molecule has 3 aromatic rings. The minimum atomic E-state index is -0.771. The maximum absolute atomic E-state index is 13.3. The number of carbonyl (C=O) groups excluding carboxylic acids is 2. The Hall–Kier alpha value is -3.86. The van der Waals surface area contributed by atoms with Gasteiger partial charge in [0, 0.05) is 11.3 Å². The first kappa shape index (κ1) is 23.3. The molecule has 0 spiro atoms. The summed E-state index contributed by atoms with van der Waals surface area (Å²) in [5.74, 6) is -0.904. The molecule has 5 nitrogen and oxygen atoms in total. The molecule has 1 aliphatic rings. The number of hydrogen-bond donors (Lipinski definition) is 1. The summed E-state index contributed by atoms with van der Waals surface area (Å²) in [5.41, 5.74) is 3.96. The molecule has 174 valence electrons. The Balaban J connectivity index is 1.89. The van der Waals surface area contributed by atoms with Gasteiger partial charge in [0.15, 0.2) is 0 Å². The average Bonchev–Trinajstić information content (AvgIpc) is 3.09. The summed E-state index contributed by atoms with van der Waals surface area (Å²) >= 11 is 0. The number of carbonyl (C=O) groups is 2. The Morgan fingerprint density at radius 1 is 0.882 bits per heavy atom. The van der Waals surface area contributed by atoms with E-state index in [0.717, 1.165) is 11.1 Å². The number of Topliss-reactive ketones (excluding diaryl/α,β-unsaturated/α-hetero) is 1. The van der Waals surface area contributed by atoms with E-state index in [1.165, 1.54) is 4.90 Å². The first-order chi connectivity index (χ1) is 16.1. The smallest absolute Gasteiger partial charge is 0.300 e. The molecule has 1 amide bonds. The van der Waals surface area contributed by atoms with Gasteiger partial charge < -0.3 is 9.84 Å². The van der Waals surface area contributed by atoms with Crippen LogP contribution < -0.4 is 9.64 Å². The molecule has 5 heteroatoms. The Kier molecular flexibility index (Phi) is 6.05. The van der Waals surface area contributed by atoms with Crippen LogP contribution in [0.3, 0.4) is 0 Å². The molecule has 1 heterocycles. The molecular weight excluding hydrogens is 426 g/mol. The van der Waals surface area contributed by atoms with Gasteiger partial charge in [-0.05, 0) is 47.7 Å². The van der Waals surface area contributed by atoms with E-state index in [-0.39, 0.29) is 16.7 Å². The normalized spacial score (nSPS) is 17.8. The van der Waals surface area contributed by atoms with Gasteiger partial charge in [0.2, 0.25) is 0 Å². The maximum atomic E-state index is 13.3. The summed E-state index contributed by atoms with van der Waals surface area (Å²) in [6.45, 7) is 8.30. The van der Waals surface area contributed by atoms with Gasteiger partial charge in [-0.25, -0.2) is 0 Å². The lowest BCUT2D eigenvalue weighted by Gasteiger charge is -2.27. The fraction of sp³-hybridized carbons (Fsp3) is 0.241. The van der Waals surface area contributed by atoms with E-state index in [9.17, 15) is 14.7 Å². The van der Waals surface area contributed by atoms with Crippen LogP contribution in [0.1, 0.15) is 49.1 Å². The van der Waals surface area contributed by atoms with E-state index in [2.05, 4.69) is 20.8 Å². The van der Waals surface area contributed by atoms with Crippen molar-refractivity contribution >= 4 is 23.1 Å².